The molecular weight excluding hydrogens is 340 g/mol. The van der Waals surface area contributed by atoms with Gasteiger partial charge in [0.1, 0.15) is 5.75 Å². The second-order valence-electron chi connectivity index (χ2n) is 5.15. The van der Waals surface area contributed by atoms with Gasteiger partial charge in [-0.3, -0.25) is 0 Å². The van der Waals surface area contributed by atoms with Gasteiger partial charge in [0.25, 0.3) is 0 Å². The summed E-state index contributed by atoms with van der Waals surface area (Å²) in [6.45, 7) is 0. The number of hydrogen-bond acceptors (Lipinski definition) is 2. The number of rotatable bonds is 2. The number of ether oxygens (including phenoxy) is 1. The van der Waals surface area contributed by atoms with Crippen molar-refractivity contribution in [2.45, 2.75) is 0 Å². The number of fused-ring (bicyclic) bond motifs is 2. The number of halogens is 1. The van der Waals surface area contributed by atoms with Gasteiger partial charge in [0.05, 0.1) is 18.3 Å². The quantitative estimate of drug-likeness (QED) is 0.541. The Bertz CT molecular complexity index is 991. The molecule has 0 saturated heterocycles. The predicted octanol–water partition coefficient (Wildman–Crippen LogP) is 5.15. The Morgan fingerprint density at radius 1 is 1.05 bits per heavy atom. The van der Waals surface area contributed by atoms with E-state index in [0.717, 1.165) is 43.3 Å². The predicted molar refractivity (Wildman–Crippen MR) is 93.3 cm³/mol. The molecule has 0 radical (unpaired) electrons. The minimum atomic E-state index is 0.845. The van der Waals surface area contributed by atoms with Crippen LogP contribution in [0.1, 0.15) is 0 Å². The van der Waals surface area contributed by atoms with E-state index in [9.17, 15) is 0 Å². The number of methoxy groups -OCH3 is 1. The molecule has 3 nitrogen and oxygen atoms in total. The molecule has 4 rings (SSSR count). The second kappa shape index (κ2) is 5.14. The van der Waals surface area contributed by atoms with Crippen molar-refractivity contribution in [3.63, 3.8) is 0 Å². The third kappa shape index (κ3) is 2.16. The number of benzene rings is 2. The Hall–Kier alpha value is -2.33. The Labute approximate surface area is 136 Å². The van der Waals surface area contributed by atoms with E-state index in [1.54, 1.807) is 7.11 Å². The lowest BCUT2D eigenvalue weighted by molar-refractivity contribution is 0.415. The summed E-state index contributed by atoms with van der Waals surface area (Å²) in [7, 11) is 1.67. The highest BCUT2D eigenvalue weighted by molar-refractivity contribution is 9.10. The van der Waals surface area contributed by atoms with Gasteiger partial charge in [-0.2, -0.15) is 0 Å². The average Bonchev–Trinajstić information content (AvgIpc) is 2.96. The molecule has 0 atom stereocenters. The van der Waals surface area contributed by atoms with Crippen molar-refractivity contribution in [3.8, 4) is 17.0 Å². The van der Waals surface area contributed by atoms with Gasteiger partial charge in [0.2, 0.25) is 0 Å². The van der Waals surface area contributed by atoms with Crippen LogP contribution >= 0.6 is 15.9 Å². The van der Waals surface area contributed by atoms with Crippen molar-refractivity contribution in [2.24, 2.45) is 0 Å². The number of aromatic nitrogens is 2. The van der Waals surface area contributed by atoms with E-state index < -0.39 is 0 Å². The van der Waals surface area contributed by atoms with E-state index >= 15 is 0 Å². The topological polar surface area (TPSA) is 37.9 Å². The number of hydrogen-bond donors (Lipinski definition) is 1. The number of aromatic amines is 1. The zero-order chi connectivity index (χ0) is 15.1. The number of H-pyrrole nitrogens is 1. The first-order valence-corrected chi connectivity index (χ1v) is 7.76. The molecule has 1 N–H and O–H groups in total. The summed E-state index contributed by atoms with van der Waals surface area (Å²) >= 11 is 3.53. The van der Waals surface area contributed by atoms with E-state index in [0.29, 0.717) is 0 Å². The molecule has 0 unspecified atom stereocenters. The third-order valence-corrected chi connectivity index (χ3v) is 4.31. The minimum absolute atomic E-state index is 0.845. The monoisotopic (exact) mass is 352 g/mol. The first kappa shape index (κ1) is 13.3. The molecule has 0 fully saturated rings. The summed E-state index contributed by atoms with van der Waals surface area (Å²) in [5.74, 6) is 0.845. The van der Waals surface area contributed by atoms with E-state index in [1.807, 2.05) is 36.5 Å². The maximum absolute atomic E-state index is 5.26. The zero-order valence-corrected chi connectivity index (χ0v) is 13.5. The molecule has 0 spiro atoms. The normalized spacial score (nSPS) is 11.2. The van der Waals surface area contributed by atoms with Crippen molar-refractivity contribution in [1.82, 2.24) is 9.97 Å². The van der Waals surface area contributed by atoms with Crippen LogP contribution in [0.3, 0.4) is 0 Å². The molecule has 0 aliphatic carbocycles. The molecule has 0 saturated carbocycles. The summed E-state index contributed by atoms with van der Waals surface area (Å²) in [5.41, 5.74) is 4.13. The fourth-order valence-corrected chi connectivity index (χ4v) is 3.05. The molecule has 4 aromatic rings. The lowest BCUT2D eigenvalue weighted by Crippen LogP contribution is -1.86. The molecule has 0 bridgehead atoms. The third-order valence-electron chi connectivity index (χ3n) is 3.82. The van der Waals surface area contributed by atoms with Crippen LogP contribution in [0.25, 0.3) is 33.1 Å². The first-order chi connectivity index (χ1) is 10.7. The summed E-state index contributed by atoms with van der Waals surface area (Å²) < 4.78 is 6.32. The van der Waals surface area contributed by atoms with Crippen LogP contribution in [0.5, 0.6) is 5.75 Å². The van der Waals surface area contributed by atoms with Gasteiger partial charge in [-0.25, -0.2) is 4.98 Å². The molecular formula is C18H13BrN2O. The van der Waals surface area contributed by atoms with Crippen LogP contribution in [-0.2, 0) is 0 Å². The van der Waals surface area contributed by atoms with Crippen LogP contribution in [0.2, 0.25) is 0 Å². The van der Waals surface area contributed by atoms with Crippen molar-refractivity contribution in [2.75, 3.05) is 7.11 Å². The largest absolute Gasteiger partial charge is 0.497 e. The van der Waals surface area contributed by atoms with Crippen LogP contribution in [0, 0.1) is 0 Å². The van der Waals surface area contributed by atoms with Gasteiger partial charge in [0.15, 0.2) is 0 Å². The Kier molecular flexibility index (Phi) is 3.12. The molecule has 4 heteroatoms. The second-order valence-corrected chi connectivity index (χ2v) is 6.06. The smallest absolute Gasteiger partial charge is 0.119 e. The Morgan fingerprint density at radius 2 is 1.95 bits per heavy atom. The van der Waals surface area contributed by atoms with Gasteiger partial charge in [0, 0.05) is 32.5 Å². The van der Waals surface area contributed by atoms with Crippen molar-refractivity contribution in [3.05, 3.63) is 59.2 Å². The van der Waals surface area contributed by atoms with Gasteiger partial charge < -0.3 is 9.72 Å². The Balaban J connectivity index is 1.90. The molecule has 0 aliphatic heterocycles. The highest BCUT2D eigenvalue weighted by Crippen LogP contribution is 2.31. The highest BCUT2D eigenvalue weighted by atomic mass is 79.9. The highest BCUT2D eigenvalue weighted by Gasteiger charge is 2.09. The zero-order valence-electron chi connectivity index (χ0n) is 11.9. The molecule has 0 amide bonds. The van der Waals surface area contributed by atoms with E-state index in [1.165, 1.54) is 0 Å². The van der Waals surface area contributed by atoms with Crippen LogP contribution in [-0.4, -0.2) is 17.1 Å². The van der Waals surface area contributed by atoms with E-state index in [2.05, 4.69) is 39.1 Å². The molecule has 2 aromatic carbocycles. The molecule has 108 valence electrons. The fraction of sp³-hybridized carbons (Fsp3) is 0.0556. The van der Waals surface area contributed by atoms with Gasteiger partial charge in [-0.05, 0) is 42.5 Å². The standard InChI is InChI=1S/C18H13BrN2O/c1-22-13-4-7-16-11(8-13)2-5-18(21-16)15-10-20-17-6-3-12(19)9-14(15)17/h2-10,20H,1H3. The summed E-state index contributed by atoms with van der Waals surface area (Å²) in [5, 5.41) is 2.24. The lowest BCUT2D eigenvalue weighted by atomic mass is 10.1. The molecule has 2 aromatic heterocycles. The maximum atomic E-state index is 5.26. The van der Waals surface area contributed by atoms with Crippen molar-refractivity contribution in [1.29, 1.82) is 0 Å². The van der Waals surface area contributed by atoms with Crippen LogP contribution in [0.4, 0.5) is 0 Å². The molecule has 0 aliphatic rings. The fourth-order valence-electron chi connectivity index (χ4n) is 2.69. The van der Waals surface area contributed by atoms with Gasteiger partial charge in [-0.15, -0.1) is 0 Å². The van der Waals surface area contributed by atoms with Gasteiger partial charge >= 0.3 is 0 Å². The average molecular weight is 353 g/mol. The number of nitrogens with zero attached hydrogens (tertiary/aromatic N) is 1. The summed E-state index contributed by atoms with van der Waals surface area (Å²) in [4.78, 5) is 8.08. The minimum Gasteiger partial charge on any atom is -0.497 e. The maximum Gasteiger partial charge on any atom is 0.119 e. The summed E-state index contributed by atoms with van der Waals surface area (Å²) in [6, 6.07) is 16.3. The van der Waals surface area contributed by atoms with Crippen molar-refractivity contribution >= 4 is 37.7 Å². The van der Waals surface area contributed by atoms with Crippen LogP contribution < -0.4 is 4.74 Å². The first-order valence-electron chi connectivity index (χ1n) is 6.96. The lowest BCUT2D eigenvalue weighted by Gasteiger charge is -2.05. The van der Waals surface area contributed by atoms with E-state index in [4.69, 9.17) is 9.72 Å². The number of pyridine rings is 1. The van der Waals surface area contributed by atoms with E-state index in [-0.39, 0.29) is 0 Å². The van der Waals surface area contributed by atoms with Crippen molar-refractivity contribution < 1.29 is 4.74 Å². The molecule has 22 heavy (non-hydrogen) atoms. The number of nitrogens with one attached hydrogen (secondary N) is 1. The SMILES string of the molecule is COc1ccc2nc(-c3c[nH]c4ccc(Br)cc34)ccc2c1. The summed E-state index contributed by atoms with van der Waals surface area (Å²) in [6.07, 6.45) is 2.01. The molecule has 2 heterocycles. The van der Waals surface area contributed by atoms with Gasteiger partial charge in [-0.1, -0.05) is 22.0 Å². The van der Waals surface area contributed by atoms with Crippen LogP contribution in [0.15, 0.2) is 59.2 Å². The Morgan fingerprint density at radius 3 is 2.82 bits per heavy atom.